The molecule has 0 unspecified atom stereocenters. The van der Waals surface area contributed by atoms with Crippen molar-refractivity contribution in [1.82, 2.24) is 0 Å². The quantitative estimate of drug-likeness (QED) is 0.378. The van der Waals surface area contributed by atoms with E-state index in [0.717, 1.165) is 17.0 Å². The summed E-state index contributed by atoms with van der Waals surface area (Å²) >= 11 is 1.30. The van der Waals surface area contributed by atoms with Crippen molar-refractivity contribution in [3.8, 4) is 0 Å². The Labute approximate surface area is 173 Å². The minimum atomic E-state index is -4.54. The second kappa shape index (κ2) is 7.49. The van der Waals surface area contributed by atoms with Gasteiger partial charge in [-0.3, -0.25) is 19.8 Å². The van der Waals surface area contributed by atoms with E-state index >= 15 is 0 Å². The first-order valence-corrected chi connectivity index (χ1v) is 9.60. The summed E-state index contributed by atoms with van der Waals surface area (Å²) in [6.07, 6.45) is -4.66. The predicted molar refractivity (Wildman–Crippen MR) is 106 cm³/mol. The number of non-ortho nitro benzene ring substituents is 1. The lowest BCUT2D eigenvalue weighted by molar-refractivity contribution is -0.384. The Bertz CT molecular complexity index is 1150. The van der Waals surface area contributed by atoms with Crippen LogP contribution >= 0.6 is 11.8 Å². The zero-order valence-corrected chi connectivity index (χ0v) is 16.0. The van der Waals surface area contributed by atoms with Gasteiger partial charge in [0.25, 0.3) is 5.69 Å². The van der Waals surface area contributed by atoms with E-state index in [4.69, 9.17) is 0 Å². The number of nitro groups is 1. The largest absolute Gasteiger partial charge is 0.416 e. The fraction of sp³-hybridized carbons (Fsp3) is 0.0952. The molecule has 0 fully saturated rings. The molecule has 0 spiro atoms. The van der Waals surface area contributed by atoms with Gasteiger partial charge in [0, 0.05) is 21.9 Å². The van der Waals surface area contributed by atoms with Crippen molar-refractivity contribution in [2.75, 3.05) is 4.90 Å². The Morgan fingerprint density at radius 2 is 1.63 bits per heavy atom. The molecule has 30 heavy (non-hydrogen) atoms. The average molecular weight is 430 g/mol. The third-order valence-corrected chi connectivity index (χ3v) is 5.74. The summed E-state index contributed by atoms with van der Waals surface area (Å²) in [6.45, 7) is 0. The topological polar surface area (TPSA) is 63.4 Å². The molecule has 0 saturated carbocycles. The fourth-order valence-electron chi connectivity index (χ4n) is 3.19. The monoisotopic (exact) mass is 430 g/mol. The van der Waals surface area contributed by atoms with Gasteiger partial charge in [-0.25, -0.2) is 0 Å². The van der Waals surface area contributed by atoms with Crippen LogP contribution in [0, 0.1) is 10.1 Å². The highest BCUT2D eigenvalue weighted by molar-refractivity contribution is 7.99. The molecule has 3 aromatic carbocycles. The fourth-order valence-corrected chi connectivity index (χ4v) is 4.23. The second-order valence-electron chi connectivity index (χ2n) is 6.58. The van der Waals surface area contributed by atoms with Crippen molar-refractivity contribution in [2.45, 2.75) is 22.4 Å². The van der Waals surface area contributed by atoms with Crippen LogP contribution in [0.25, 0.3) is 0 Å². The van der Waals surface area contributed by atoms with Gasteiger partial charge >= 0.3 is 6.18 Å². The number of hydrogen-bond donors (Lipinski definition) is 0. The number of alkyl halides is 3. The summed E-state index contributed by atoms with van der Waals surface area (Å²) in [4.78, 5) is 26.0. The standard InChI is InChI=1S/C21H13F3N2O3S/c22-21(23,24)14-7-10-19-17(12-14)25(16-3-1-2-4-18(16)30-19)20(27)11-13-5-8-15(9-6-13)26(28)29/h1-10,12H,11H2. The normalized spacial score (nSPS) is 12.8. The summed E-state index contributed by atoms with van der Waals surface area (Å²) in [7, 11) is 0. The van der Waals surface area contributed by atoms with Crippen LogP contribution in [-0.4, -0.2) is 10.8 Å². The smallest absolute Gasteiger partial charge is 0.278 e. The number of amides is 1. The van der Waals surface area contributed by atoms with E-state index in [9.17, 15) is 28.1 Å². The van der Waals surface area contributed by atoms with Crippen LogP contribution in [0.15, 0.2) is 76.5 Å². The van der Waals surface area contributed by atoms with Crippen LogP contribution in [0.4, 0.5) is 30.2 Å². The summed E-state index contributed by atoms with van der Waals surface area (Å²) in [5.41, 5.74) is 0.247. The maximum Gasteiger partial charge on any atom is 0.416 e. The minimum absolute atomic E-state index is 0.105. The lowest BCUT2D eigenvalue weighted by Crippen LogP contribution is -2.30. The first kappa shape index (κ1) is 20.0. The Kier molecular flexibility index (Phi) is 4.98. The molecular formula is C21H13F3N2O3S. The van der Waals surface area contributed by atoms with Crippen molar-refractivity contribution in [3.05, 3.63) is 88.0 Å². The van der Waals surface area contributed by atoms with E-state index in [-0.39, 0.29) is 17.8 Å². The third-order valence-electron chi connectivity index (χ3n) is 4.61. The molecule has 0 aliphatic carbocycles. The van der Waals surface area contributed by atoms with Crippen LogP contribution in [-0.2, 0) is 17.4 Å². The van der Waals surface area contributed by atoms with Gasteiger partial charge in [-0.2, -0.15) is 13.2 Å². The number of carbonyl (C=O) groups is 1. The Balaban J connectivity index is 1.74. The highest BCUT2D eigenvalue weighted by atomic mass is 32.2. The van der Waals surface area contributed by atoms with Crippen molar-refractivity contribution in [3.63, 3.8) is 0 Å². The number of halogens is 3. The molecule has 1 amide bonds. The maximum atomic E-state index is 13.3. The van der Waals surface area contributed by atoms with E-state index in [0.29, 0.717) is 16.1 Å². The van der Waals surface area contributed by atoms with Crippen molar-refractivity contribution in [2.24, 2.45) is 0 Å². The number of nitrogens with zero attached hydrogens (tertiary/aromatic N) is 2. The summed E-state index contributed by atoms with van der Waals surface area (Å²) in [6, 6.07) is 15.8. The zero-order chi connectivity index (χ0) is 21.5. The number of fused-ring (bicyclic) bond motifs is 2. The second-order valence-corrected chi connectivity index (χ2v) is 7.66. The Morgan fingerprint density at radius 1 is 0.967 bits per heavy atom. The maximum absolute atomic E-state index is 13.3. The number of para-hydroxylation sites is 1. The van der Waals surface area contributed by atoms with Gasteiger partial charge in [-0.05, 0) is 35.9 Å². The van der Waals surface area contributed by atoms with Gasteiger partial charge in [0.2, 0.25) is 5.91 Å². The van der Waals surface area contributed by atoms with Crippen molar-refractivity contribution >= 4 is 34.7 Å². The highest BCUT2D eigenvalue weighted by Crippen LogP contribution is 2.49. The zero-order valence-electron chi connectivity index (χ0n) is 15.2. The molecule has 0 radical (unpaired) electrons. The van der Waals surface area contributed by atoms with Crippen molar-refractivity contribution < 1.29 is 22.9 Å². The SMILES string of the molecule is O=C(Cc1ccc([N+](=O)[O-])cc1)N1c2ccccc2Sc2ccc(C(F)(F)F)cc21. The van der Waals surface area contributed by atoms with E-state index in [1.54, 1.807) is 24.3 Å². The van der Waals surface area contributed by atoms with Crippen LogP contribution in [0.1, 0.15) is 11.1 Å². The lowest BCUT2D eigenvalue weighted by atomic mass is 10.1. The van der Waals surface area contributed by atoms with E-state index in [1.807, 2.05) is 0 Å². The van der Waals surface area contributed by atoms with E-state index in [2.05, 4.69) is 0 Å². The van der Waals surface area contributed by atoms with Gasteiger partial charge in [0.1, 0.15) is 0 Å². The van der Waals surface area contributed by atoms with Crippen molar-refractivity contribution in [1.29, 1.82) is 0 Å². The number of rotatable bonds is 3. The predicted octanol–water partition coefficient (Wildman–Crippen LogP) is 5.99. The van der Waals surface area contributed by atoms with E-state index < -0.39 is 22.6 Å². The molecule has 0 bridgehead atoms. The Morgan fingerprint density at radius 3 is 2.30 bits per heavy atom. The molecule has 0 N–H and O–H groups in total. The van der Waals surface area contributed by atoms with Gasteiger partial charge in [0.15, 0.2) is 0 Å². The first-order chi connectivity index (χ1) is 14.2. The molecule has 1 aliphatic heterocycles. The lowest BCUT2D eigenvalue weighted by Gasteiger charge is -2.31. The van der Waals surface area contributed by atoms with Crippen LogP contribution < -0.4 is 4.90 Å². The molecule has 9 heteroatoms. The molecular weight excluding hydrogens is 417 g/mol. The number of benzene rings is 3. The number of hydrogen-bond acceptors (Lipinski definition) is 4. The minimum Gasteiger partial charge on any atom is -0.278 e. The van der Waals surface area contributed by atoms with Crippen LogP contribution in [0.3, 0.4) is 0 Å². The summed E-state index contributed by atoms with van der Waals surface area (Å²) < 4.78 is 39.8. The molecule has 4 rings (SSSR count). The summed E-state index contributed by atoms with van der Waals surface area (Å²) in [5, 5.41) is 10.8. The highest BCUT2D eigenvalue weighted by Gasteiger charge is 2.34. The summed E-state index contributed by atoms with van der Waals surface area (Å²) in [5.74, 6) is -0.433. The van der Waals surface area contributed by atoms with Gasteiger partial charge in [0.05, 0.1) is 28.3 Å². The van der Waals surface area contributed by atoms with Gasteiger partial charge in [-0.1, -0.05) is 36.0 Å². The first-order valence-electron chi connectivity index (χ1n) is 8.78. The molecule has 5 nitrogen and oxygen atoms in total. The number of anilines is 2. The van der Waals surface area contributed by atoms with E-state index in [1.165, 1.54) is 47.0 Å². The van der Waals surface area contributed by atoms with Crippen LogP contribution in [0.5, 0.6) is 0 Å². The molecule has 0 saturated heterocycles. The van der Waals surface area contributed by atoms with Crippen LogP contribution in [0.2, 0.25) is 0 Å². The molecule has 1 aliphatic rings. The molecule has 0 atom stereocenters. The molecule has 3 aromatic rings. The number of carbonyl (C=O) groups excluding carboxylic acids is 1. The van der Waals surface area contributed by atoms with Gasteiger partial charge < -0.3 is 0 Å². The number of nitro benzene ring substituents is 1. The molecule has 152 valence electrons. The molecule has 1 heterocycles. The molecule has 0 aromatic heterocycles. The third kappa shape index (κ3) is 3.76. The Hall–Kier alpha value is -3.33. The van der Waals surface area contributed by atoms with Gasteiger partial charge in [-0.15, -0.1) is 0 Å². The average Bonchev–Trinajstić information content (AvgIpc) is 2.71.